The van der Waals surface area contributed by atoms with Crippen molar-refractivity contribution < 1.29 is 34.8 Å². The molecule has 0 bridgehead atoms. The van der Waals surface area contributed by atoms with Crippen LogP contribution in [0, 0.1) is 0 Å². The van der Waals surface area contributed by atoms with E-state index >= 15 is 0 Å². The van der Waals surface area contributed by atoms with E-state index in [-0.39, 0.29) is 0 Å². The highest BCUT2D eigenvalue weighted by atomic mass is 16.4. The number of carbonyl (C=O) groups is 3. The second-order valence-corrected chi connectivity index (χ2v) is 2.88. The number of nitrogens with zero attached hydrogens (tertiary/aromatic N) is 1. The molecule has 4 N–H and O–H groups in total. The molecule has 0 aromatic heterocycles. The molecule has 0 rings (SSSR count). The van der Waals surface area contributed by atoms with Gasteiger partial charge >= 0.3 is 17.9 Å². The third-order valence-corrected chi connectivity index (χ3v) is 1.66. The van der Waals surface area contributed by atoms with Crippen LogP contribution >= 0.6 is 0 Å². The standard InChI is InChI=1S/C7H11NO7/c1-8(2-3(9)10)4(6(12)13)5(11)7(14)15/h4-5,11H,2H2,1H3,(H,9,10)(H,12,13)(H,14,15). The van der Waals surface area contributed by atoms with Crippen molar-refractivity contribution >= 4 is 17.9 Å². The predicted molar refractivity (Wildman–Crippen MR) is 45.3 cm³/mol. The van der Waals surface area contributed by atoms with E-state index in [0.717, 1.165) is 11.9 Å². The van der Waals surface area contributed by atoms with E-state index in [1.54, 1.807) is 0 Å². The minimum atomic E-state index is -2.17. The third kappa shape index (κ3) is 3.92. The van der Waals surface area contributed by atoms with Gasteiger partial charge < -0.3 is 20.4 Å². The van der Waals surface area contributed by atoms with Crippen molar-refractivity contribution in [2.75, 3.05) is 13.6 Å². The summed E-state index contributed by atoms with van der Waals surface area (Å²) >= 11 is 0. The fraction of sp³-hybridized carbons (Fsp3) is 0.571. The summed E-state index contributed by atoms with van der Waals surface area (Å²) in [7, 11) is 1.10. The highest BCUT2D eigenvalue weighted by Gasteiger charge is 2.36. The average molecular weight is 221 g/mol. The zero-order chi connectivity index (χ0) is 12.2. The summed E-state index contributed by atoms with van der Waals surface area (Å²) in [5.74, 6) is -4.64. The van der Waals surface area contributed by atoms with Crippen molar-refractivity contribution in [3.63, 3.8) is 0 Å². The van der Waals surface area contributed by atoms with Gasteiger partial charge in [0.2, 0.25) is 0 Å². The maximum absolute atomic E-state index is 10.6. The van der Waals surface area contributed by atoms with Gasteiger partial charge in [0.25, 0.3) is 0 Å². The molecule has 86 valence electrons. The van der Waals surface area contributed by atoms with Gasteiger partial charge in [-0.3, -0.25) is 14.5 Å². The highest BCUT2D eigenvalue weighted by molar-refractivity contribution is 5.84. The number of aliphatic hydroxyl groups is 1. The Labute approximate surface area is 84.4 Å². The summed E-state index contributed by atoms with van der Waals surface area (Å²) in [6.07, 6.45) is -2.17. The van der Waals surface area contributed by atoms with Gasteiger partial charge in [0.15, 0.2) is 6.10 Å². The lowest BCUT2D eigenvalue weighted by Gasteiger charge is -2.24. The molecule has 2 atom stereocenters. The first-order valence-corrected chi connectivity index (χ1v) is 3.83. The van der Waals surface area contributed by atoms with Gasteiger partial charge in [-0.1, -0.05) is 0 Å². The first-order valence-electron chi connectivity index (χ1n) is 3.83. The molecule has 0 aliphatic heterocycles. The van der Waals surface area contributed by atoms with Crippen molar-refractivity contribution in [3.05, 3.63) is 0 Å². The second kappa shape index (κ2) is 5.27. The molecule has 8 nitrogen and oxygen atoms in total. The number of likely N-dealkylation sites (N-methyl/N-ethyl adjacent to an activating group) is 1. The molecule has 0 aromatic carbocycles. The smallest absolute Gasteiger partial charge is 0.334 e. The highest BCUT2D eigenvalue weighted by Crippen LogP contribution is 2.03. The Morgan fingerprint density at radius 2 is 1.60 bits per heavy atom. The number of aliphatic hydroxyl groups excluding tert-OH is 1. The van der Waals surface area contributed by atoms with Crippen LogP contribution in [0.3, 0.4) is 0 Å². The van der Waals surface area contributed by atoms with Crippen molar-refractivity contribution in [1.82, 2.24) is 4.90 Å². The normalized spacial score (nSPS) is 14.6. The molecule has 15 heavy (non-hydrogen) atoms. The Morgan fingerprint density at radius 3 is 1.87 bits per heavy atom. The molecule has 0 radical (unpaired) electrons. The molecule has 0 saturated heterocycles. The Balaban J connectivity index is 4.73. The number of carboxylic acid groups (broad SMARTS) is 3. The van der Waals surface area contributed by atoms with Crippen molar-refractivity contribution in [2.24, 2.45) is 0 Å². The number of aliphatic carboxylic acids is 3. The molecule has 2 unspecified atom stereocenters. The summed E-state index contributed by atoms with van der Waals surface area (Å²) in [6, 6.07) is -1.79. The lowest BCUT2D eigenvalue weighted by Crippen LogP contribution is -2.51. The van der Waals surface area contributed by atoms with Gasteiger partial charge in [0.1, 0.15) is 6.04 Å². The van der Waals surface area contributed by atoms with Crippen molar-refractivity contribution in [2.45, 2.75) is 12.1 Å². The summed E-state index contributed by atoms with van der Waals surface area (Å²) in [4.78, 5) is 31.9. The van der Waals surface area contributed by atoms with Crippen LogP contribution in [0.5, 0.6) is 0 Å². The van der Waals surface area contributed by atoms with Crippen LogP contribution < -0.4 is 0 Å². The molecule has 0 amide bonds. The molecule has 0 fully saturated rings. The van der Waals surface area contributed by atoms with E-state index < -0.39 is 36.6 Å². The van der Waals surface area contributed by atoms with Gasteiger partial charge in [-0.15, -0.1) is 0 Å². The number of hydrogen-bond donors (Lipinski definition) is 4. The monoisotopic (exact) mass is 221 g/mol. The molecule has 0 aliphatic carbocycles. The predicted octanol–water partition coefficient (Wildman–Crippen LogP) is -2.10. The van der Waals surface area contributed by atoms with E-state index in [1.807, 2.05) is 0 Å². The zero-order valence-corrected chi connectivity index (χ0v) is 7.82. The molecular formula is C7H11NO7. The lowest BCUT2D eigenvalue weighted by atomic mass is 10.1. The molecule has 0 spiro atoms. The van der Waals surface area contributed by atoms with E-state index in [2.05, 4.69) is 0 Å². The fourth-order valence-electron chi connectivity index (χ4n) is 1.01. The van der Waals surface area contributed by atoms with Crippen molar-refractivity contribution in [1.29, 1.82) is 0 Å². The van der Waals surface area contributed by atoms with Crippen LogP contribution in [-0.2, 0) is 14.4 Å². The first kappa shape index (κ1) is 13.3. The molecule has 0 heterocycles. The summed E-state index contributed by atoms with van der Waals surface area (Å²) < 4.78 is 0. The van der Waals surface area contributed by atoms with E-state index in [1.165, 1.54) is 0 Å². The zero-order valence-electron chi connectivity index (χ0n) is 7.82. The Bertz CT molecular complexity index is 277. The number of rotatable bonds is 6. The van der Waals surface area contributed by atoms with Crippen LogP contribution in [0.1, 0.15) is 0 Å². The second-order valence-electron chi connectivity index (χ2n) is 2.88. The molecule has 8 heteroatoms. The van der Waals surface area contributed by atoms with Gasteiger partial charge in [-0.25, -0.2) is 4.79 Å². The topological polar surface area (TPSA) is 135 Å². The van der Waals surface area contributed by atoms with Crippen LogP contribution in [0.15, 0.2) is 0 Å². The molecular weight excluding hydrogens is 210 g/mol. The van der Waals surface area contributed by atoms with Crippen LogP contribution in [0.25, 0.3) is 0 Å². The minimum Gasteiger partial charge on any atom is -0.480 e. The van der Waals surface area contributed by atoms with Gasteiger partial charge in [0, 0.05) is 0 Å². The summed E-state index contributed by atoms with van der Waals surface area (Å²) in [6.45, 7) is -0.679. The van der Waals surface area contributed by atoms with Crippen molar-refractivity contribution in [3.8, 4) is 0 Å². The van der Waals surface area contributed by atoms with Gasteiger partial charge in [-0.05, 0) is 7.05 Å². The average Bonchev–Trinajstić information content (AvgIpc) is 2.01. The SMILES string of the molecule is CN(CC(=O)O)C(C(=O)O)C(O)C(=O)O. The van der Waals surface area contributed by atoms with Crippen LogP contribution in [0.4, 0.5) is 0 Å². The fourth-order valence-corrected chi connectivity index (χ4v) is 1.01. The van der Waals surface area contributed by atoms with Crippen LogP contribution in [0.2, 0.25) is 0 Å². The number of hydrogen-bond acceptors (Lipinski definition) is 5. The Hall–Kier alpha value is -1.67. The third-order valence-electron chi connectivity index (χ3n) is 1.66. The molecule has 0 saturated carbocycles. The molecule has 0 aliphatic rings. The van der Waals surface area contributed by atoms with E-state index in [4.69, 9.17) is 20.4 Å². The maximum atomic E-state index is 10.6. The Kier molecular flexibility index (Phi) is 4.68. The first-order chi connectivity index (χ1) is 6.77. The van der Waals surface area contributed by atoms with E-state index in [0.29, 0.717) is 0 Å². The van der Waals surface area contributed by atoms with Gasteiger partial charge in [0.05, 0.1) is 6.54 Å². The van der Waals surface area contributed by atoms with E-state index in [9.17, 15) is 14.4 Å². The largest absolute Gasteiger partial charge is 0.480 e. The number of carboxylic acids is 3. The minimum absolute atomic E-state index is 0.679. The summed E-state index contributed by atoms with van der Waals surface area (Å²) in [5, 5.41) is 34.4. The maximum Gasteiger partial charge on any atom is 0.334 e. The Morgan fingerprint density at radius 1 is 1.13 bits per heavy atom. The van der Waals surface area contributed by atoms with Crippen LogP contribution in [-0.4, -0.2) is 69.0 Å². The quantitative estimate of drug-likeness (QED) is 0.400. The molecule has 0 aromatic rings. The van der Waals surface area contributed by atoms with Gasteiger partial charge in [-0.2, -0.15) is 0 Å². The summed E-state index contributed by atoms with van der Waals surface area (Å²) in [5.41, 5.74) is 0. The lowest BCUT2D eigenvalue weighted by molar-refractivity contribution is -0.162.